The largest absolute Gasteiger partial charge is 0.497 e. The van der Waals surface area contributed by atoms with Gasteiger partial charge in [-0.2, -0.15) is 0 Å². The summed E-state index contributed by atoms with van der Waals surface area (Å²) in [5, 5.41) is 10.7. The first-order chi connectivity index (χ1) is 12.0. The molecule has 0 aliphatic heterocycles. The SMILES string of the molecule is COc1ccc(COC(=O)C(O[C]=O)c2ccc([N+](=O)[O-])cc2)cc1. The van der Waals surface area contributed by atoms with E-state index in [4.69, 9.17) is 9.47 Å². The van der Waals surface area contributed by atoms with E-state index in [0.29, 0.717) is 11.3 Å². The van der Waals surface area contributed by atoms with E-state index >= 15 is 0 Å². The minimum absolute atomic E-state index is 0.0332. The molecule has 0 fully saturated rings. The average molecular weight is 344 g/mol. The van der Waals surface area contributed by atoms with Gasteiger partial charge in [-0.15, -0.1) is 0 Å². The number of carbonyl (C=O) groups is 1. The van der Waals surface area contributed by atoms with Gasteiger partial charge < -0.3 is 14.2 Å². The quantitative estimate of drug-likeness (QED) is 0.411. The Morgan fingerprint density at radius 1 is 1.16 bits per heavy atom. The Labute approximate surface area is 143 Å². The minimum Gasteiger partial charge on any atom is -0.497 e. The molecule has 8 nitrogen and oxygen atoms in total. The van der Waals surface area contributed by atoms with Gasteiger partial charge in [0.2, 0.25) is 6.10 Å². The van der Waals surface area contributed by atoms with Crippen LogP contribution in [0, 0.1) is 10.1 Å². The smallest absolute Gasteiger partial charge is 0.418 e. The molecule has 1 radical (unpaired) electrons. The summed E-state index contributed by atoms with van der Waals surface area (Å²) in [4.78, 5) is 32.8. The fraction of sp³-hybridized carbons (Fsp3) is 0.176. The van der Waals surface area contributed by atoms with Crippen LogP contribution in [0.5, 0.6) is 5.75 Å². The van der Waals surface area contributed by atoms with Gasteiger partial charge in [-0.05, 0) is 29.8 Å². The lowest BCUT2D eigenvalue weighted by Gasteiger charge is -2.14. The van der Waals surface area contributed by atoms with Gasteiger partial charge in [0, 0.05) is 17.7 Å². The highest BCUT2D eigenvalue weighted by Crippen LogP contribution is 2.22. The number of hydrogen-bond donors (Lipinski definition) is 0. The molecule has 2 rings (SSSR count). The third kappa shape index (κ3) is 4.77. The average Bonchev–Trinajstić information content (AvgIpc) is 2.64. The number of nitrogens with zero attached hydrogens (tertiary/aromatic N) is 1. The summed E-state index contributed by atoms with van der Waals surface area (Å²) in [5.74, 6) is -0.147. The first kappa shape index (κ1) is 17.9. The van der Waals surface area contributed by atoms with Gasteiger partial charge in [-0.25, -0.2) is 9.59 Å². The van der Waals surface area contributed by atoms with Gasteiger partial charge in [-0.3, -0.25) is 10.1 Å². The molecule has 0 aliphatic carbocycles. The third-order valence-corrected chi connectivity index (χ3v) is 3.33. The Hall–Kier alpha value is -3.42. The van der Waals surface area contributed by atoms with Gasteiger partial charge in [0.15, 0.2) is 0 Å². The highest BCUT2D eigenvalue weighted by atomic mass is 16.6. The molecule has 0 saturated carbocycles. The van der Waals surface area contributed by atoms with Crippen molar-refractivity contribution in [1.82, 2.24) is 0 Å². The molecular weight excluding hydrogens is 330 g/mol. The van der Waals surface area contributed by atoms with Crippen LogP contribution >= 0.6 is 0 Å². The highest BCUT2D eigenvalue weighted by Gasteiger charge is 2.25. The summed E-state index contributed by atoms with van der Waals surface area (Å²) in [6.45, 7) is 1.16. The normalized spacial score (nSPS) is 11.2. The lowest BCUT2D eigenvalue weighted by Crippen LogP contribution is -2.18. The molecule has 0 amide bonds. The third-order valence-electron chi connectivity index (χ3n) is 3.33. The topological polar surface area (TPSA) is 105 Å². The predicted octanol–water partition coefficient (Wildman–Crippen LogP) is 2.47. The maximum Gasteiger partial charge on any atom is 0.418 e. The molecule has 1 atom stereocenters. The highest BCUT2D eigenvalue weighted by molar-refractivity contribution is 5.78. The molecule has 0 spiro atoms. The number of carbonyl (C=O) groups excluding carboxylic acids is 2. The van der Waals surface area contributed by atoms with Gasteiger partial charge in [-0.1, -0.05) is 12.1 Å². The fourth-order valence-corrected chi connectivity index (χ4v) is 2.02. The Kier molecular flexibility index (Phi) is 6.05. The summed E-state index contributed by atoms with van der Waals surface area (Å²) < 4.78 is 14.8. The van der Waals surface area contributed by atoms with Crippen molar-refractivity contribution in [1.29, 1.82) is 0 Å². The van der Waals surface area contributed by atoms with E-state index in [2.05, 4.69) is 4.74 Å². The number of esters is 1. The number of hydrogen-bond acceptors (Lipinski definition) is 7. The maximum absolute atomic E-state index is 12.2. The molecule has 8 heteroatoms. The molecule has 0 aromatic heterocycles. The van der Waals surface area contributed by atoms with Crippen molar-refractivity contribution in [3.63, 3.8) is 0 Å². The monoisotopic (exact) mass is 344 g/mol. The van der Waals surface area contributed by atoms with Crippen LogP contribution in [-0.4, -0.2) is 24.5 Å². The number of rotatable bonds is 8. The molecule has 2 aromatic rings. The van der Waals surface area contributed by atoms with Crippen LogP contribution in [-0.2, 0) is 25.7 Å². The van der Waals surface area contributed by atoms with Crippen LogP contribution in [0.15, 0.2) is 48.5 Å². The van der Waals surface area contributed by atoms with E-state index in [9.17, 15) is 19.7 Å². The van der Waals surface area contributed by atoms with Gasteiger partial charge in [0.25, 0.3) is 5.69 Å². The molecular formula is C17H14NO7. The second kappa shape index (κ2) is 8.44. The zero-order valence-electron chi connectivity index (χ0n) is 13.2. The molecule has 129 valence electrons. The zero-order chi connectivity index (χ0) is 18.2. The molecule has 0 saturated heterocycles. The Balaban J connectivity index is 2.06. The fourth-order valence-electron chi connectivity index (χ4n) is 2.02. The second-order valence-electron chi connectivity index (χ2n) is 4.89. The summed E-state index contributed by atoms with van der Waals surface area (Å²) in [7, 11) is 1.54. The molecule has 0 heterocycles. The van der Waals surface area contributed by atoms with Crippen molar-refractivity contribution < 1.29 is 28.7 Å². The van der Waals surface area contributed by atoms with Crippen molar-refractivity contribution >= 4 is 18.1 Å². The van der Waals surface area contributed by atoms with Gasteiger partial charge in [0.1, 0.15) is 12.4 Å². The van der Waals surface area contributed by atoms with E-state index in [1.807, 2.05) is 0 Å². The molecule has 0 N–H and O–H groups in total. The van der Waals surface area contributed by atoms with Crippen molar-refractivity contribution in [2.75, 3.05) is 7.11 Å². The standard InChI is InChI=1S/C17H14NO7/c1-23-15-8-2-12(3-9-15)10-24-17(20)16(25-11-19)13-4-6-14(7-5-13)18(21)22/h2-9,16H,10H2,1H3. The van der Waals surface area contributed by atoms with Crippen molar-refractivity contribution in [2.24, 2.45) is 0 Å². The second-order valence-corrected chi connectivity index (χ2v) is 4.89. The number of nitro groups is 1. The van der Waals surface area contributed by atoms with E-state index in [0.717, 1.165) is 0 Å². The summed E-state index contributed by atoms with van der Waals surface area (Å²) in [5.41, 5.74) is 0.810. The number of benzene rings is 2. The first-order valence-electron chi connectivity index (χ1n) is 7.12. The van der Waals surface area contributed by atoms with Crippen molar-refractivity contribution in [3.8, 4) is 5.75 Å². The van der Waals surface area contributed by atoms with E-state index < -0.39 is 17.0 Å². The van der Waals surface area contributed by atoms with Crippen LogP contribution in [0.2, 0.25) is 0 Å². The Bertz CT molecular complexity index is 741. The molecule has 0 aliphatic rings. The summed E-state index contributed by atoms with van der Waals surface area (Å²) in [6.07, 6.45) is -1.35. The van der Waals surface area contributed by atoms with Crippen LogP contribution in [0.4, 0.5) is 5.69 Å². The zero-order valence-corrected chi connectivity index (χ0v) is 13.2. The number of non-ortho nitro benzene ring substituents is 1. The van der Waals surface area contributed by atoms with Crippen LogP contribution in [0.3, 0.4) is 0 Å². The van der Waals surface area contributed by atoms with Crippen LogP contribution < -0.4 is 4.74 Å². The Morgan fingerprint density at radius 3 is 2.32 bits per heavy atom. The Morgan fingerprint density at radius 2 is 1.80 bits per heavy atom. The maximum atomic E-state index is 12.2. The number of nitro benzene ring substituents is 1. The van der Waals surface area contributed by atoms with Gasteiger partial charge >= 0.3 is 12.4 Å². The number of methoxy groups -OCH3 is 1. The van der Waals surface area contributed by atoms with Crippen molar-refractivity contribution in [3.05, 3.63) is 69.8 Å². The van der Waals surface area contributed by atoms with E-state index in [1.54, 1.807) is 24.3 Å². The summed E-state index contributed by atoms with van der Waals surface area (Å²) >= 11 is 0. The first-order valence-corrected chi connectivity index (χ1v) is 7.12. The predicted molar refractivity (Wildman–Crippen MR) is 85.4 cm³/mol. The van der Waals surface area contributed by atoms with Gasteiger partial charge in [0.05, 0.1) is 12.0 Å². The van der Waals surface area contributed by atoms with Crippen LogP contribution in [0.1, 0.15) is 17.2 Å². The molecule has 25 heavy (non-hydrogen) atoms. The lowest BCUT2D eigenvalue weighted by molar-refractivity contribution is -0.384. The van der Waals surface area contributed by atoms with E-state index in [-0.39, 0.29) is 17.9 Å². The van der Waals surface area contributed by atoms with Crippen molar-refractivity contribution in [2.45, 2.75) is 12.7 Å². The lowest BCUT2D eigenvalue weighted by atomic mass is 10.1. The van der Waals surface area contributed by atoms with E-state index in [1.165, 1.54) is 37.8 Å². The molecule has 0 bridgehead atoms. The number of ether oxygens (including phenoxy) is 3. The molecule has 2 aromatic carbocycles. The summed E-state index contributed by atoms with van der Waals surface area (Å²) in [6, 6.07) is 11.9. The molecule has 1 unspecified atom stereocenters. The minimum atomic E-state index is -1.35. The van der Waals surface area contributed by atoms with Crippen LogP contribution in [0.25, 0.3) is 0 Å².